The van der Waals surface area contributed by atoms with Crippen molar-refractivity contribution in [2.45, 2.75) is 26.4 Å². The molecule has 0 aliphatic carbocycles. The topological polar surface area (TPSA) is 49.4 Å². The molecule has 1 N–H and O–H groups in total. The molecule has 0 saturated carbocycles. The van der Waals surface area contributed by atoms with Gasteiger partial charge < -0.3 is 10.2 Å². The number of carbonyl (C=O) groups is 2. The Morgan fingerprint density at radius 3 is 2.38 bits per heavy atom. The fraction of sp³-hybridized carbons (Fsp3) is 0.222. The lowest BCUT2D eigenvalue weighted by atomic mass is 10.1. The molecule has 1 aliphatic rings. The lowest BCUT2D eigenvalue weighted by Gasteiger charge is -2.19. The van der Waals surface area contributed by atoms with Crippen LogP contribution in [-0.2, 0) is 16.1 Å². The molecule has 6 heteroatoms. The van der Waals surface area contributed by atoms with Crippen LogP contribution in [-0.4, -0.2) is 11.8 Å². The Bertz CT molecular complexity index is 819. The van der Waals surface area contributed by atoms with Gasteiger partial charge in [-0.05, 0) is 24.6 Å². The van der Waals surface area contributed by atoms with Crippen LogP contribution in [0.25, 0.3) is 0 Å². The molecule has 124 valence electrons. The van der Waals surface area contributed by atoms with E-state index < -0.39 is 6.04 Å². The van der Waals surface area contributed by atoms with Crippen molar-refractivity contribution in [1.82, 2.24) is 5.32 Å². The molecule has 4 nitrogen and oxygen atoms in total. The summed E-state index contributed by atoms with van der Waals surface area (Å²) in [7, 11) is 0. The molecule has 0 spiro atoms. The van der Waals surface area contributed by atoms with Crippen LogP contribution in [0.3, 0.4) is 0 Å². The molecule has 0 unspecified atom stereocenters. The largest absolute Gasteiger partial charge is 0.341 e. The summed E-state index contributed by atoms with van der Waals surface area (Å²) >= 11 is 12.6. The second-order valence-electron chi connectivity index (χ2n) is 5.84. The smallest absolute Gasteiger partial charge is 0.254 e. The molecular weight excluding hydrogens is 347 g/mol. The first-order chi connectivity index (χ1) is 11.4. The minimum absolute atomic E-state index is 0.240. The van der Waals surface area contributed by atoms with Crippen molar-refractivity contribution in [2.24, 2.45) is 0 Å². The average molecular weight is 363 g/mol. The maximum atomic E-state index is 12.9. The van der Waals surface area contributed by atoms with Gasteiger partial charge in [0.2, 0.25) is 5.91 Å². The summed E-state index contributed by atoms with van der Waals surface area (Å²) in [6, 6.07) is 10.4. The van der Waals surface area contributed by atoms with E-state index in [0.29, 0.717) is 27.8 Å². The Morgan fingerprint density at radius 1 is 1.12 bits per heavy atom. The Balaban J connectivity index is 2.05. The maximum Gasteiger partial charge on any atom is 0.254 e. The fourth-order valence-electron chi connectivity index (χ4n) is 2.87. The van der Waals surface area contributed by atoms with Gasteiger partial charge in [0.1, 0.15) is 6.04 Å². The van der Waals surface area contributed by atoms with E-state index in [4.69, 9.17) is 23.2 Å². The van der Waals surface area contributed by atoms with E-state index in [1.807, 2.05) is 31.2 Å². The van der Waals surface area contributed by atoms with Crippen LogP contribution < -0.4 is 10.2 Å². The third kappa shape index (κ3) is 2.99. The molecule has 0 fully saturated rings. The predicted molar refractivity (Wildman–Crippen MR) is 95.4 cm³/mol. The fourth-order valence-corrected chi connectivity index (χ4v) is 3.39. The number of aryl methyl sites for hydroxylation is 1. The molecule has 2 amide bonds. The summed E-state index contributed by atoms with van der Waals surface area (Å²) in [5.41, 5.74) is 3.23. The summed E-state index contributed by atoms with van der Waals surface area (Å²) in [4.78, 5) is 25.9. The number of hydrogen-bond donors (Lipinski definition) is 1. The lowest BCUT2D eigenvalue weighted by Crippen LogP contribution is -2.36. The van der Waals surface area contributed by atoms with Crippen molar-refractivity contribution in [3.05, 3.63) is 63.1 Å². The summed E-state index contributed by atoms with van der Waals surface area (Å²) in [5.74, 6) is -0.539. The highest BCUT2D eigenvalue weighted by molar-refractivity contribution is 6.38. The van der Waals surface area contributed by atoms with Crippen molar-refractivity contribution in [1.29, 1.82) is 0 Å². The highest BCUT2D eigenvalue weighted by Gasteiger charge is 2.40. The number of nitrogens with one attached hydrogen (secondary N) is 1. The van der Waals surface area contributed by atoms with Crippen LogP contribution in [0.5, 0.6) is 0 Å². The number of carbonyl (C=O) groups excluding carboxylic acids is 2. The van der Waals surface area contributed by atoms with Gasteiger partial charge in [0.15, 0.2) is 0 Å². The second kappa shape index (κ2) is 6.46. The normalized spacial score (nSPS) is 16.2. The lowest BCUT2D eigenvalue weighted by molar-refractivity contribution is -0.126. The Labute approximate surface area is 150 Å². The number of halogens is 2. The van der Waals surface area contributed by atoms with Gasteiger partial charge in [0.05, 0.1) is 17.3 Å². The second-order valence-corrected chi connectivity index (χ2v) is 6.65. The minimum Gasteiger partial charge on any atom is -0.341 e. The molecular formula is C18H16Cl2N2O2. The molecule has 0 bridgehead atoms. The van der Waals surface area contributed by atoms with Crippen LogP contribution in [0.4, 0.5) is 5.69 Å². The summed E-state index contributed by atoms with van der Waals surface area (Å²) in [6.45, 7) is 3.74. The Kier molecular flexibility index (Phi) is 4.52. The maximum absolute atomic E-state index is 12.9. The summed E-state index contributed by atoms with van der Waals surface area (Å²) in [6.07, 6.45) is 0. The zero-order valence-corrected chi connectivity index (χ0v) is 14.8. The van der Waals surface area contributed by atoms with E-state index >= 15 is 0 Å². The van der Waals surface area contributed by atoms with Gasteiger partial charge in [-0.2, -0.15) is 0 Å². The molecule has 24 heavy (non-hydrogen) atoms. The van der Waals surface area contributed by atoms with E-state index in [1.54, 1.807) is 17.0 Å². The molecule has 1 atom stereocenters. The molecule has 3 rings (SSSR count). The first kappa shape index (κ1) is 16.8. The number of anilines is 1. The molecule has 1 heterocycles. The SMILES string of the molecule is CC(=O)N[C@@H]1C(=O)N(Cc2ccc(C)cc2)c2c(Cl)ccc(Cl)c21. The number of hydrogen-bond acceptors (Lipinski definition) is 2. The van der Waals surface area contributed by atoms with Crippen LogP contribution in [0.1, 0.15) is 29.7 Å². The van der Waals surface area contributed by atoms with Crippen LogP contribution in [0, 0.1) is 6.92 Å². The predicted octanol–water partition coefficient (Wildman–Crippen LogP) is 4.03. The number of benzene rings is 2. The molecule has 1 aliphatic heterocycles. The van der Waals surface area contributed by atoms with Crippen molar-refractivity contribution >= 4 is 40.7 Å². The first-order valence-corrected chi connectivity index (χ1v) is 8.26. The molecule has 0 radical (unpaired) electrons. The molecule has 2 aromatic rings. The van der Waals surface area contributed by atoms with Gasteiger partial charge in [0.25, 0.3) is 5.91 Å². The molecule has 2 aromatic carbocycles. The monoisotopic (exact) mass is 362 g/mol. The van der Waals surface area contributed by atoms with Crippen molar-refractivity contribution < 1.29 is 9.59 Å². The van der Waals surface area contributed by atoms with Gasteiger partial charge in [-0.1, -0.05) is 53.0 Å². The number of fused-ring (bicyclic) bond motifs is 1. The number of amides is 2. The van der Waals surface area contributed by atoms with E-state index in [1.165, 1.54) is 6.92 Å². The number of nitrogens with zero attached hydrogens (tertiary/aromatic N) is 1. The third-order valence-electron chi connectivity index (χ3n) is 4.00. The summed E-state index contributed by atoms with van der Waals surface area (Å²) in [5, 5.41) is 3.51. The highest BCUT2D eigenvalue weighted by Crippen LogP contribution is 2.45. The van der Waals surface area contributed by atoms with Crippen LogP contribution in [0.15, 0.2) is 36.4 Å². The average Bonchev–Trinajstić information content (AvgIpc) is 2.79. The van der Waals surface area contributed by atoms with Gasteiger partial charge in [-0.25, -0.2) is 0 Å². The van der Waals surface area contributed by atoms with Crippen LogP contribution >= 0.6 is 23.2 Å². The molecule has 0 aromatic heterocycles. The Hall–Kier alpha value is -2.04. The van der Waals surface area contributed by atoms with Crippen molar-refractivity contribution in [2.75, 3.05) is 4.90 Å². The summed E-state index contributed by atoms with van der Waals surface area (Å²) < 4.78 is 0. The zero-order chi connectivity index (χ0) is 17.4. The van der Waals surface area contributed by atoms with E-state index in [2.05, 4.69) is 5.32 Å². The van der Waals surface area contributed by atoms with Gasteiger partial charge in [-0.15, -0.1) is 0 Å². The van der Waals surface area contributed by atoms with Crippen LogP contribution in [0.2, 0.25) is 10.0 Å². The van der Waals surface area contributed by atoms with Crippen molar-refractivity contribution in [3.8, 4) is 0 Å². The minimum atomic E-state index is -0.811. The number of rotatable bonds is 3. The van der Waals surface area contributed by atoms with E-state index in [9.17, 15) is 9.59 Å². The zero-order valence-electron chi connectivity index (χ0n) is 13.3. The standard InChI is InChI=1S/C18H16Cl2N2O2/c1-10-3-5-12(6-4-10)9-22-17-14(20)8-7-13(19)15(17)16(18(22)24)21-11(2)23/h3-8,16H,9H2,1-2H3,(H,21,23)/t16-/m0/s1. The van der Waals surface area contributed by atoms with E-state index in [0.717, 1.165) is 11.1 Å². The van der Waals surface area contributed by atoms with Crippen molar-refractivity contribution in [3.63, 3.8) is 0 Å². The van der Waals surface area contributed by atoms with E-state index in [-0.39, 0.29) is 11.8 Å². The van der Waals surface area contributed by atoms with Gasteiger partial charge >= 0.3 is 0 Å². The van der Waals surface area contributed by atoms with Gasteiger partial charge in [-0.3, -0.25) is 9.59 Å². The Morgan fingerprint density at radius 2 is 1.75 bits per heavy atom. The molecule has 0 saturated heterocycles. The third-order valence-corrected chi connectivity index (χ3v) is 4.63. The highest BCUT2D eigenvalue weighted by atomic mass is 35.5. The van der Waals surface area contributed by atoms with Gasteiger partial charge in [0, 0.05) is 17.5 Å². The first-order valence-electron chi connectivity index (χ1n) is 7.50. The quantitative estimate of drug-likeness (QED) is 0.895.